The summed E-state index contributed by atoms with van der Waals surface area (Å²) in [4.78, 5) is 155. The van der Waals surface area contributed by atoms with E-state index in [9.17, 15) is 28.8 Å². The highest BCUT2D eigenvalue weighted by atomic mass is 16.5. The summed E-state index contributed by atoms with van der Waals surface area (Å²) in [5, 5.41) is 30.1. The number of carbonyl (C=O) groups excluding carboxylic acids is 10. The third-order valence-corrected chi connectivity index (χ3v) is 27.0. The van der Waals surface area contributed by atoms with E-state index in [2.05, 4.69) is 118 Å². The summed E-state index contributed by atoms with van der Waals surface area (Å²) >= 11 is 0. The van der Waals surface area contributed by atoms with Crippen LogP contribution in [-0.2, 0) is 83.5 Å². The molecule has 1 aliphatic heterocycles. The molecule has 604 valence electrons. The number of fused-ring (bicyclic) bond motifs is 12. The third kappa shape index (κ3) is 15.6. The topological polar surface area (TPSA) is 250 Å². The van der Waals surface area contributed by atoms with Crippen molar-refractivity contribution in [3.63, 3.8) is 0 Å². The molecule has 0 spiro atoms. The van der Waals surface area contributed by atoms with Gasteiger partial charge in [0.05, 0.1) is 0 Å². The minimum absolute atomic E-state index is 0.0302. The Bertz CT molecular complexity index is 5440. The molecule has 4 aliphatic carbocycles. The number of esters is 2. The molecule has 5 fully saturated rings. The van der Waals surface area contributed by atoms with E-state index in [0.29, 0.717) is 51.4 Å². The highest BCUT2D eigenvalue weighted by molar-refractivity contribution is 6.34. The first-order valence-corrected chi connectivity index (χ1v) is 42.1. The minimum Gasteiger partial charge on any atom is -0.461 e. The van der Waals surface area contributed by atoms with Crippen molar-refractivity contribution in [1.82, 2.24) is 40.9 Å². The Balaban J connectivity index is 0.615. The second-order valence-corrected chi connectivity index (χ2v) is 33.9. The fourth-order valence-corrected chi connectivity index (χ4v) is 20.3. The average Bonchev–Trinajstić information content (AvgIpc) is 1.03. The standard InChI is InChI=1S/C98H100N8O12/c1-103-67-39-35-63(53-67)93(111)101-83(49-57-17-7-5-8-18-57)97(115)106(4)70-42-34-62(52-70)92(110)100-82(46-48-86(108)118-56-66-38-44-80-76-30-14-24-60-22-12-28-74(88(60)76)78-32-16-26-72(66)90(78)80)96(114)104(2)68-40-36-64(54-68)94(112)102-84(50-58-19-9-6-10-20-58)98(116)105(3)69-41-33-61(51-69)91(109)99-81(95(103)113)45-47-85(107)117-55-65-37-43-79-75-29-13-23-59-21-11-27-73(87(59)75)77-31-15-25-71(65)89(77)79/h5-32,37-38,43-44,61-64,67-70,81-84H,33-36,39-42,45-56H2,1-4H3,(H,99,109)(H,100,110)(H,101,111)(H,102,112)/t61-,62+,63-,64-,67-,68-,69-,70-,81+,82+,83+,84-/m0/s1. The number of hydrogen-bond acceptors (Lipinski definition) is 12. The molecule has 20 heteroatoms. The van der Waals surface area contributed by atoms with Crippen LogP contribution in [0.15, 0.2) is 194 Å². The lowest BCUT2D eigenvalue weighted by Crippen LogP contribution is -2.53. The fourth-order valence-electron chi connectivity index (χ4n) is 20.3. The van der Waals surface area contributed by atoms with E-state index in [1.54, 1.807) is 47.8 Å². The second-order valence-electron chi connectivity index (χ2n) is 33.9. The van der Waals surface area contributed by atoms with E-state index in [-0.39, 0.29) is 101 Å². The van der Waals surface area contributed by atoms with E-state index in [4.69, 9.17) is 9.47 Å². The Hall–Kier alpha value is -12.1. The zero-order valence-corrected chi connectivity index (χ0v) is 67.2. The molecule has 17 rings (SSSR count). The number of ether oxygens (including phenoxy) is 2. The van der Waals surface area contributed by atoms with Crippen LogP contribution in [0.4, 0.5) is 0 Å². The minimum atomic E-state index is -1.18. The average molecular weight is 1580 g/mol. The quantitative estimate of drug-likeness (QED) is 0.0451. The summed E-state index contributed by atoms with van der Waals surface area (Å²) in [6, 6.07) is 58.6. The van der Waals surface area contributed by atoms with E-state index < -0.39 is 108 Å². The highest BCUT2D eigenvalue weighted by Crippen LogP contribution is 2.44. The van der Waals surface area contributed by atoms with Crippen LogP contribution in [0.5, 0.6) is 0 Å². The number of hydrogen-bond donors (Lipinski definition) is 4. The molecule has 0 unspecified atom stereocenters. The molecule has 4 N–H and O–H groups in total. The van der Waals surface area contributed by atoms with Crippen LogP contribution in [0.3, 0.4) is 0 Å². The number of nitrogens with zero attached hydrogens (tertiary/aromatic N) is 4. The van der Waals surface area contributed by atoms with Gasteiger partial charge in [0, 0.05) is 102 Å². The molecule has 8 bridgehead atoms. The van der Waals surface area contributed by atoms with E-state index in [1.807, 2.05) is 97.1 Å². The SMILES string of the molecule is CN1C(=O)[C@H](Cc2ccccc2)NC(=O)[C@H]2CC[C@@H](C2)N(C)C(=O)[C@@H](CCC(=O)OCc2ccc3c4cccc5cccc(c6cccc2c63)c54)NC(=O)[C@@H]2CC[C@@H](C2)N(C)C(=O)[C@@H](Cc2ccccc2)NC(=O)[C@H]2CC[C@@H](C2)N(C)C(=O)[C@@H](CCC(=O)OCc2ccc3c4cccc5cccc(c6cccc2c63)c54)NC(=O)[C@H]2CC[C@H]1C2. The molecule has 0 aromatic heterocycles. The Morgan fingerprint density at radius 1 is 0.305 bits per heavy atom. The van der Waals surface area contributed by atoms with Crippen molar-refractivity contribution in [3.8, 4) is 0 Å². The van der Waals surface area contributed by atoms with Crippen LogP contribution in [0.25, 0.3) is 86.2 Å². The molecular formula is C98H100N8O12. The maximum Gasteiger partial charge on any atom is 0.306 e. The van der Waals surface area contributed by atoms with Crippen LogP contribution >= 0.6 is 0 Å². The van der Waals surface area contributed by atoms with Gasteiger partial charge < -0.3 is 50.3 Å². The number of rotatable bonds is 14. The zero-order valence-electron chi connectivity index (χ0n) is 67.2. The van der Waals surface area contributed by atoms with Crippen molar-refractivity contribution in [2.45, 2.75) is 177 Å². The summed E-state index contributed by atoms with van der Waals surface area (Å²) in [6.45, 7) is -0.0605. The summed E-state index contributed by atoms with van der Waals surface area (Å²) in [5.74, 6) is -6.66. The molecular weight excluding hydrogens is 1480 g/mol. The van der Waals surface area contributed by atoms with Gasteiger partial charge in [0.1, 0.15) is 37.4 Å². The molecule has 118 heavy (non-hydrogen) atoms. The second kappa shape index (κ2) is 33.5. The lowest BCUT2D eigenvalue weighted by Gasteiger charge is -2.31. The number of likely N-dealkylation sites (N-methyl/N-ethyl adjacent to an activating group) is 4. The maximum atomic E-state index is 15.2. The van der Waals surface area contributed by atoms with Gasteiger partial charge in [0.25, 0.3) is 0 Å². The zero-order chi connectivity index (χ0) is 81.6. The number of benzene rings is 12. The van der Waals surface area contributed by atoms with Crippen molar-refractivity contribution in [2.24, 2.45) is 23.7 Å². The van der Waals surface area contributed by atoms with E-state index >= 15 is 19.2 Å². The van der Waals surface area contributed by atoms with Crippen LogP contribution in [-0.4, -0.2) is 155 Å². The number of carbonyl (C=O) groups is 10. The summed E-state index contributed by atoms with van der Waals surface area (Å²) in [7, 11) is 6.70. The first-order valence-electron chi connectivity index (χ1n) is 42.1. The van der Waals surface area contributed by atoms with Crippen LogP contribution in [0.1, 0.15) is 125 Å². The maximum absolute atomic E-state index is 15.2. The van der Waals surface area contributed by atoms with Crippen LogP contribution in [0, 0.1) is 23.7 Å². The molecule has 0 radical (unpaired) electrons. The van der Waals surface area contributed by atoms with Crippen LogP contribution < -0.4 is 21.3 Å². The molecule has 12 aromatic rings. The van der Waals surface area contributed by atoms with Gasteiger partial charge in [-0.2, -0.15) is 0 Å². The monoisotopic (exact) mass is 1580 g/mol. The van der Waals surface area contributed by atoms with Crippen molar-refractivity contribution in [1.29, 1.82) is 0 Å². The molecule has 8 amide bonds. The van der Waals surface area contributed by atoms with Crippen molar-refractivity contribution < 1.29 is 57.4 Å². The Labute approximate surface area is 685 Å². The van der Waals surface area contributed by atoms with Gasteiger partial charge in [0.2, 0.25) is 47.3 Å². The Morgan fingerprint density at radius 2 is 0.576 bits per heavy atom. The number of amides is 8. The van der Waals surface area contributed by atoms with Gasteiger partial charge in [0.15, 0.2) is 0 Å². The van der Waals surface area contributed by atoms with Crippen molar-refractivity contribution >= 4 is 145 Å². The first kappa shape index (κ1) is 78.5. The molecule has 12 atom stereocenters. The fraction of sp³-hybridized carbons (Fsp3) is 0.367. The highest BCUT2D eigenvalue weighted by Gasteiger charge is 2.44. The van der Waals surface area contributed by atoms with Gasteiger partial charge in [-0.15, -0.1) is 0 Å². The Kier molecular flexibility index (Phi) is 22.3. The molecule has 5 aliphatic rings. The Morgan fingerprint density at radius 3 is 0.898 bits per heavy atom. The molecule has 12 aromatic carbocycles. The van der Waals surface area contributed by atoms with Gasteiger partial charge in [-0.1, -0.05) is 194 Å². The van der Waals surface area contributed by atoms with Gasteiger partial charge in [-0.05, 0) is 198 Å². The molecule has 1 heterocycles. The largest absolute Gasteiger partial charge is 0.461 e. The lowest BCUT2D eigenvalue weighted by atomic mass is 9.88. The normalized spacial score (nSPS) is 24.4. The van der Waals surface area contributed by atoms with Crippen molar-refractivity contribution in [3.05, 3.63) is 216 Å². The van der Waals surface area contributed by atoms with Gasteiger partial charge >= 0.3 is 11.9 Å². The lowest BCUT2D eigenvalue weighted by molar-refractivity contribution is -0.147. The van der Waals surface area contributed by atoms with Crippen molar-refractivity contribution in [2.75, 3.05) is 28.2 Å². The molecule has 20 nitrogen and oxygen atoms in total. The molecule has 1 saturated heterocycles. The van der Waals surface area contributed by atoms with Gasteiger partial charge in [-0.25, -0.2) is 0 Å². The first-order chi connectivity index (χ1) is 57.3. The summed E-state index contributed by atoms with van der Waals surface area (Å²) in [5.41, 5.74) is 3.28. The summed E-state index contributed by atoms with van der Waals surface area (Å²) in [6.07, 6.45) is 4.09. The predicted octanol–water partition coefficient (Wildman–Crippen LogP) is 14.1. The van der Waals surface area contributed by atoms with Gasteiger partial charge in [-0.3, -0.25) is 47.9 Å². The van der Waals surface area contributed by atoms with E-state index in [1.165, 1.54) is 10.8 Å². The van der Waals surface area contributed by atoms with Crippen LogP contribution in [0.2, 0.25) is 0 Å². The predicted molar refractivity (Wildman–Crippen MR) is 457 cm³/mol. The van der Waals surface area contributed by atoms with E-state index in [0.717, 1.165) is 97.7 Å². The third-order valence-electron chi connectivity index (χ3n) is 27.0. The molecule has 4 saturated carbocycles. The summed E-state index contributed by atoms with van der Waals surface area (Å²) < 4.78 is 12.1. The smallest absolute Gasteiger partial charge is 0.306 e. The number of nitrogens with one attached hydrogen (secondary N) is 4.